The molecule has 1 atom stereocenters. The Morgan fingerprint density at radius 2 is 1.62 bits per heavy atom. The van der Waals surface area contributed by atoms with Gasteiger partial charge in [0.2, 0.25) is 0 Å². The lowest BCUT2D eigenvalue weighted by molar-refractivity contribution is -0.132. The molecule has 1 aliphatic rings. The molecule has 6 nitrogen and oxygen atoms in total. The van der Waals surface area contributed by atoms with Crippen molar-refractivity contribution in [3.8, 4) is 11.5 Å². The molecule has 0 aromatic heterocycles. The van der Waals surface area contributed by atoms with Crippen LogP contribution in [0.25, 0.3) is 5.76 Å². The van der Waals surface area contributed by atoms with E-state index in [-0.39, 0.29) is 27.7 Å². The van der Waals surface area contributed by atoms with Gasteiger partial charge in [-0.05, 0) is 42.7 Å². The monoisotopic (exact) mass is 477 g/mol. The number of Topliss-reactive ketones (excluding diaryl/α,β-unsaturated/α-hetero) is 1. The Bertz CT molecular complexity index is 1320. The van der Waals surface area contributed by atoms with E-state index in [0.29, 0.717) is 17.0 Å². The minimum absolute atomic E-state index is 0.0419. The first-order valence-electron chi connectivity index (χ1n) is 10.6. The highest BCUT2D eigenvalue weighted by atomic mass is 35.5. The molecule has 1 fully saturated rings. The summed E-state index contributed by atoms with van der Waals surface area (Å²) in [5, 5.41) is 11.7. The second-order valence-electron chi connectivity index (χ2n) is 8.06. The Hall–Kier alpha value is -3.77. The number of carbonyl (C=O) groups excluding carboxylic acids is 2. The predicted molar refractivity (Wildman–Crippen MR) is 132 cm³/mol. The zero-order valence-corrected chi connectivity index (χ0v) is 20.0. The molecule has 7 heteroatoms. The van der Waals surface area contributed by atoms with Crippen LogP contribution in [0.4, 0.5) is 5.69 Å². The first-order valence-corrected chi connectivity index (χ1v) is 11.0. The highest BCUT2D eigenvalue weighted by molar-refractivity contribution is 6.51. The van der Waals surface area contributed by atoms with Gasteiger partial charge in [0.05, 0.1) is 36.4 Å². The van der Waals surface area contributed by atoms with E-state index in [1.165, 1.54) is 31.3 Å². The van der Waals surface area contributed by atoms with Crippen molar-refractivity contribution < 1.29 is 24.2 Å². The maximum absolute atomic E-state index is 13.4. The third-order valence-corrected chi connectivity index (χ3v) is 6.21. The number of carbonyl (C=O) groups is 2. The number of hydrogen-bond acceptors (Lipinski definition) is 5. The average Bonchev–Trinajstić information content (AvgIpc) is 3.10. The largest absolute Gasteiger partial charge is 0.507 e. The van der Waals surface area contributed by atoms with E-state index < -0.39 is 17.7 Å². The van der Waals surface area contributed by atoms with E-state index in [0.717, 1.165) is 11.1 Å². The Kier molecular flexibility index (Phi) is 6.35. The second-order valence-corrected chi connectivity index (χ2v) is 8.46. The molecule has 0 saturated carbocycles. The highest BCUT2D eigenvalue weighted by Gasteiger charge is 2.47. The first kappa shape index (κ1) is 23.4. The summed E-state index contributed by atoms with van der Waals surface area (Å²) in [6.45, 7) is 3.80. The summed E-state index contributed by atoms with van der Waals surface area (Å²) in [5.41, 5.74) is 3.22. The van der Waals surface area contributed by atoms with Gasteiger partial charge in [-0.3, -0.25) is 14.5 Å². The van der Waals surface area contributed by atoms with Crippen molar-refractivity contribution in [1.82, 2.24) is 0 Å². The summed E-state index contributed by atoms with van der Waals surface area (Å²) >= 11 is 6.22. The van der Waals surface area contributed by atoms with Crippen molar-refractivity contribution in [2.24, 2.45) is 0 Å². The fourth-order valence-electron chi connectivity index (χ4n) is 4.20. The molecule has 1 amide bonds. The number of methoxy groups -OCH3 is 2. The van der Waals surface area contributed by atoms with Crippen molar-refractivity contribution >= 4 is 34.7 Å². The molecule has 1 unspecified atom stereocenters. The number of benzene rings is 3. The van der Waals surface area contributed by atoms with E-state index in [9.17, 15) is 14.7 Å². The molecule has 3 aromatic carbocycles. The Labute approximate surface area is 203 Å². The quantitative estimate of drug-likeness (QED) is 0.294. The molecule has 4 rings (SSSR count). The van der Waals surface area contributed by atoms with Crippen LogP contribution in [0, 0.1) is 13.8 Å². The molecule has 174 valence electrons. The Morgan fingerprint density at radius 1 is 0.941 bits per heavy atom. The van der Waals surface area contributed by atoms with Crippen LogP contribution >= 0.6 is 11.6 Å². The number of aliphatic hydroxyl groups excluding tert-OH is 1. The number of aryl methyl sites for hydroxylation is 2. The first-order chi connectivity index (χ1) is 16.3. The smallest absolute Gasteiger partial charge is 0.300 e. The van der Waals surface area contributed by atoms with Crippen molar-refractivity contribution in [1.29, 1.82) is 0 Å². The van der Waals surface area contributed by atoms with Crippen LogP contribution in [0.1, 0.15) is 28.3 Å². The van der Waals surface area contributed by atoms with Crippen LogP contribution in [0.15, 0.2) is 66.2 Å². The number of nitrogens with zero attached hydrogens (tertiary/aromatic N) is 1. The van der Waals surface area contributed by atoms with Gasteiger partial charge in [0, 0.05) is 11.8 Å². The number of halogens is 1. The Balaban J connectivity index is 2.02. The van der Waals surface area contributed by atoms with Crippen LogP contribution in [0.2, 0.25) is 5.02 Å². The zero-order chi connectivity index (χ0) is 24.6. The lowest BCUT2D eigenvalue weighted by atomic mass is 9.94. The summed E-state index contributed by atoms with van der Waals surface area (Å²) < 4.78 is 10.7. The van der Waals surface area contributed by atoms with Crippen LogP contribution in [-0.2, 0) is 9.59 Å². The SMILES string of the molecule is COc1cc(/C(O)=C2\C(=O)C(=O)N(c3cc(C)ccc3C)C2c2ccccc2)c(OC)cc1Cl. The number of aliphatic hydroxyl groups is 1. The molecule has 0 spiro atoms. The number of hydrogen-bond donors (Lipinski definition) is 1. The molecule has 0 radical (unpaired) electrons. The lowest BCUT2D eigenvalue weighted by Crippen LogP contribution is -2.30. The van der Waals surface area contributed by atoms with Gasteiger partial charge in [-0.15, -0.1) is 0 Å². The number of ketones is 1. The molecule has 1 heterocycles. The lowest BCUT2D eigenvalue weighted by Gasteiger charge is -2.27. The third kappa shape index (κ3) is 3.90. The normalized spacial score (nSPS) is 17.2. The molecular formula is C27H24ClNO5. The van der Waals surface area contributed by atoms with E-state index in [1.54, 1.807) is 0 Å². The van der Waals surface area contributed by atoms with Gasteiger partial charge in [0.25, 0.3) is 11.7 Å². The predicted octanol–water partition coefficient (Wildman–Crippen LogP) is 5.60. The van der Waals surface area contributed by atoms with Crippen molar-refractivity contribution in [3.63, 3.8) is 0 Å². The maximum atomic E-state index is 13.4. The van der Waals surface area contributed by atoms with Gasteiger partial charge in [0.1, 0.15) is 17.3 Å². The van der Waals surface area contributed by atoms with E-state index in [1.807, 2.05) is 62.4 Å². The molecule has 0 bridgehead atoms. The van der Waals surface area contributed by atoms with Gasteiger partial charge in [-0.25, -0.2) is 0 Å². The van der Waals surface area contributed by atoms with Gasteiger partial charge >= 0.3 is 0 Å². The summed E-state index contributed by atoms with van der Waals surface area (Å²) in [7, 11) is 2.87. The molecule has 1 aliphatic heterocycles. The average molecular weight is 478 g/mol. The van der Waals surface area contributed by atoms with E-state index in [4.69, 9.17) is 21.1 Å². The van der Waals surface area contributed by atoms with Crippen molar-refractivity contribution in [3.05, 3.63) is 93.5 Å². The highest BCUT2D eigenvalue weighted by Crippen LogP contribution is 2.45. The van der Waals surface area contributed by atoms with Gasteiger partial charge < -0.3 is 14.6 Å². The standard InChI is InChI=1S/C27H24ClNO5/c1-15-10-11-16(2)20(12-15)29-24(17-8-6-5-7-9-17)23(26(31)27(29)32)25(30)18-13-22(34-4)19(28)14-21(18)33-3/h5-14,24,30H,1-4H3/b25-23+. The molecule has 1 N–H and O–H groups in total. The molecule has 1 saturated heterocycles. The zero-order valence-electron chi connectivity index (χ0n) is 19.3. The number of anilines is 1. The molecule has 34 heavy (non-hydrogen) atoms. The molecule has 3 aromatic rings. The topological polar surface area (TPSA) is 76.1 Å². The fraction of sp³-hybridized carbons (Fsp3) is 0.185. The van der Waals surface area contributed by atoms with E-state index in [2.05, 4.69) is 0 Å². The van der Waals surface area contributed by atoms with E-state index >= 15 is 0 Å². The van der Waals surface area contributed by atoms with Gasteiger partial charge in [0.15, 0.2) is 0 Å². The van der Waals surface area contributed by atoms with Crippen LogP contribution < -0.4 is 14.4 Å². The minimum atomic E-state index is -0.840. The van der Waals surface area contributed by atoms with Crippen molar-refractivity contribution in [2.75, 3.05) is 19.1 Å². The van der Waals surface area contributed by atoms with Gasteiger partial charge in [-0.2, -0.15) is 0 Å². The minimum Gasteiger partial charge on any atom is -0.507 e. The van der Waals surface area contributed by atoms with Crippen molar-refractivity contribution in [2.45, 2.75) is 19.9 Å². The Morgan fingerprint density at radius 3 is 2.26 bits per heavy atom. The van der Waals surface area contributed by atoms with Gasteiger partial charge in [-0.1, -0.05) is 54.1 Å². The fourth-order valence-corrected chi connectivity index (χ4v) is 4.43. The van der Waals surface area contributed by atoms with Crippen LogP contribution in [0.5, 0.6) is 11.5 Å². The maximum Gasteiger partial charge on any atom is 0.300 e. The molecule has 0 aliphatic carbocycles. The van der Waals surface area contributed by atoms with Crippen LogP contribution in [-0.4, -0.2) is 31.0 Å². The summed E-state index contributed by atoms with van der Waals surface area (Å²) in [6, 6.07) is 17.0. The number of amides is 1. The third-order valence-electron chi connectivity index (χ3n) is 5.91. The second kappa shape index (κ2) is 9.23. The number of ether oxygens (including phenoxy) is 2. The van der Waals surface area contributed by atoms with Crippen LogP contribution in [0.3, 0.4) is 0 Å². The number of rotatable bonds is 5. The summed E-state index contributed by atoms with van der Waals surface area (Å²) in [5.74, 6) is -1.34. The molecular weight excluding hydrogens is 454 g/mol. The summed E-state index contributed by atoms with van der Waals surface area (Å²) in [6.07, 6.45) is 0. The summed E-state index contributed by atoms with van der Waals surface area (Å²) in [4.78, 5) is 28.2.